The van der Waals surface area contributed by atoms with Gasteiger partial charge in [0.15, 0.2) is 0 Å². The fraction of sp³-hybridized carbons (Fsp3) is 0.182. The van der Waals surface area contributed by atoms with E-state index in [1.807, 2.05) is 7.05 Å². The van der Waals surface area contributed by atoms with Gasteiger partial charge in [0.25, 0.3) is 0 Å². The lowest BCUT2D eigenvalue weighted by Gasteiger charge is -2.15. The predicted molar refractivity (Wildman–Crippen MR) is 135 cm³/mol. The van der Waals surface area contributed by atoms with E-state index in [9.17, 15) is 12.8 Å². The maximum absolute atomic E-state index is 13.2. The number of aryl methyl sites for hydroxylation is 1. The molecule has 0 unspecified atom stereocenters. The zero-order valence-corrected chi connectivity index (χ0v) is 20.8. The number of rotatable bonds is 7. The Morgan fingerprint density at radius 1 is 1.21 bits per heavy atom. The zero-order valence-electron chi connectivity index (χ0n) is 17.8. The number of fused-ring (bicyclic) bond motifs is 1. The molecule has 0 aliphatic rings. The lowest BCUT2D eigenvalue weighted by molar-refractivity contribution is 0.308. The summed E-state index contributed by atoms with van der Waals surface area (Å²) in [5, 5.41) is 5.33. The highest BCUT2D eigenvalue weighted by Gasteiger charge is 2.19. The summed E-state index contributed by atoms with van der Waals surface area (Å²) < 4.78 is 48.8. The summed E-state index contributed by atoms with van der Waals surface area (Å²) in [4.78, 5) is 4.25. The molecule has 8 nitrogen and oxygen atoms in total. The molecule has 3 N–H and O–H groups in total. The number of nitrogens with zero attached hydrogens (tertiary/aromatic N) is 3. The van der Waals surface area contributed by atoms with Crippen molar-refractivity contribution in [1.29, 1.82) is 0 Å². The average Bonchev–Trinajstić information content (AvgIpc) is 3.15. The Morgan fingerprint density at radius 2 is 1.94 bits per heavy atom. The van der Waals surface area contributed by atoms with Crippen LogP contribution in [0.3, 0.4) is 0 Å². The Morgan fingerprint density at radius 3 is 2.64 bits per heavy atom. The first-order valence-electron chi connectivity index (χ1n) is 9.97. The molecule has 2 aromatic carbocycles. The van der Waals surface area contributed by atoms with E-state index in [1.165, 1.54) is 12.1 Å². The molecule has 4 rings (SSSR count). The molecule has 2 aromatic heterocycles. The minimum atomic E-state index is -3.53. The predicted octanol–water partition coefficient (Wildman–Crippen LogP) is 4.30. The van der Waals surface area contributed by atoms with Gasteiger partial charge in [-0.05, 0) is 59.3 Å². The Kier molecular flexibility index (Phi) is 6.43. The third-order valence-corrected chi connectivity index (χ3v) is 7.14. The lowest BCUT2D eigenvalue weighted by atomic mass is 10.1. The highest BCUT2D eigenvalue weighted by Crippen LogP contribution is 2.37. The van der Waals surface area contributed by atoms with E-state index in [4.69, 9.17) is 10.5 Å². The van der Waals surface area contributed by atoms with Gasteiger partial charge in [-0.15, -0.1) is 0 Å². The smallest absolute Gasteiger partial charge is 0.232 e. The molecule has 2 heterocycles. The molecule has 0 aliphatic heterocycles. The Balaban J connectivity index is 1.79. The van der Waals surface area contributed by atoms with Crippen molar-refractivity contribution in [2.45, 2.75) is 13.5 Å². The molecule has 33 heavy (non-hydrogen) atoms. The van der Waals surface area contributed by atoms with Crippen LogP contribution in [-0.4, -0.2) is 28.9 Å². The number of nitrogen functional groups attached to an aromatic ring is 1. The summed E-state index contributed by atoms with van der Waals surface area (Å²) in [6.45, 7) is 1.67. The van der Waals surface area contributed by atoms with Crippen LogP contribution in [0.1, 0.15) is 12.5 Å². The molecule has 4 aromatic rings. The van der Waals surface area contributed by atoms with Gasteiger partial charge in [-0.3, -0.25) is 9.40 Å². The van der Waals surface area contributed by atoms with Crippen molar-refractivity contribution in [1.82, 2.24) is 14.8 Å². The first-order valence-corrected chi connectivity index (χ1v) is 12.7. The van der Waals surface area contributed by atoms with Crippen LogP contribution in [0.5, 0.6) is 5.75 Å². The van der Waals surface area contributed by atoms with Crippen molar-refractivity contribution >= 4 is 55.0 Å². The molecule has 11 heteroatoms. The molecule has 0 saturated heterocycles. The van der Waals surface area contributed by atoms with E-state index in [1.54, 1.807) is 48.1 Å². The van der Waals surface area contributed by atoms with Crippen molar-refractivity contribution in [3.63, 3.8) is 0 Å². The molecule has 0 atom stereocenters. The molecule has 0 bridgehead atoms. The van der Waals surface area contributed by atoms with Crippen molar-refractivity contribution < 1.29 is 17.5 Å². The van der Waals surface area contributed by atoms with E-state index in [-0.39, 0.29) is 18.2 Å². The van der Waals surface area contributed by atoms with Gasteiger partial charge in [-0.2, -0.15) is 5.10 Å². The number of halogens is 2. The Hall–Kier alpha value is -2.93. The number of sulfonamides is 1. The Labute approximate surface area is 204 Å². The van der Waals surface area contributed by atoms with Crippen LogP contribution in [0.15, 0.2) is 48.7 Å². The normalized spacial score (nSPS) is 11.6. The van der Waals surface area contributed by atoms with Gasteiger partial charge in [0, 0.05) is 18.8 Å². The summed E-state index contributed by atoms with van der Waals surface area (Å²) >= 11 is 2.18. The van der Waals surface area contributed by atoms with Gasteiger partial charge in [0.2, 0.25) is 10.0 Å². The molecular formula is C22H21FIN5O3S. The second-order valence-corrected chi connectivity index (χ2v) is 10.5. The fourth-order valence-corrected chi connectivity index (χ4v) is 4.76. The van der Waals surface area contributed by atoms with Gasteiger partial charge >= 0.3 is 0 Å². The monoisotopic (exact) mass is 581 g/mol. The van der Waals surface area contributed by atoms with Crippen molar-refractivity contribution in [2.24, 2.45) is 7.05 Å². The number of pyridine rings is 1. The maximum atomic E-state index is 13.2. The van der Waals surface area contributed by atoms with Gasteiger partial charge < -0.3 is 10.5 Å². The first-order chi connectivity index (χ1) is 15.7. The van der Waals surface area contributed by atoms with E-state index >= 15 is 0 Å². The molecule has 0 spiro atoms. The number of nitrogens with one attached hydrogen (secondary N) is 1. The number of benzene rings is 2. The van der Waals surface area contributed by atoms with Crippen LogP contribution >= 0.6 is 22.6 Å². The molecule has 0 saturated carbocycles. The number of ether oxygens (including phenoxy) is 1. The van der Waals surface area contributed by atoms with Gasteiger partial charge in [-0.25, -0.2) is 17.8 Å². The summed E-state index contributed by atoms with van der Waals surface area (Å²) in [5.41, 5.74) is 9.34. The second kappa shape index (κ2) is 9.14. The summed E-state index contributed by atoms with van der Waals surface area (Å²) in [6.07, 6.45) is 1.68. The van der Waals surface area contributed by atoms with Gasteiger partial charge in [0.1, 0.15) is 29.7 Å². The molecule has 0 fully saturated rings. The third-order valence-electron chi connectivity index (χ3n) is 5.05. The SMILES string of the molecule is CCS(=O)(=O)Nc1ccc(-c2nn(C)c3c(I)cnc(N)c23)cc1OCc1ccc(F)cc1. The largest absolute Gasteiger partial charge is 0.487 e. The summed E-state index contributed by atoms with van der Waals surface area (Å²) in [5.74, 6) is 0.223. The summed E-state index contributed by atoms with van der Waals surface area (Å²) in [6, 6.07) is 11.0. The van der Waals surface area contributed by atoms with E-state index in [0.717, 1.165) is 14.7 Å². The molecule has 0 radical (unpaired) electrons. The number of hydrogen-bond donors (Lipinski definition) is 2. The zero-order chi connectivity index (χ0) is 23.8. The standard InChI is InChI=1S/C22H21FIN5O3S/c1-3-33(30,31)28-17-9-6-14(10-18(17)32-12-13-4-7-15(23)8-5-13)20-19-21(29(2)27-20)16(24)11-26-22(19)25/h4-11,28H,3,12H2,1-2H3,(H2,25,26). The number of hydrogen-bond acceptors (Lipinski definition) is 6. The van der Waals surface area contributed by atoms with Crippen LogP contribution in [0, 0.1) is 9.39 Å². The topological polar surface area (TPSA) is 112 Å². The van der Waals surface area contributed by atoms with Crippen LogP contribution < -0.4 is 15.2 Å². The van der Waals surface area contributed by atoms with Crippen LogP contribution in [-0.2, 0) is 23.7 Å². The molecule has 0 amide bonds. The number of anilines is 2. The highest BCUT2D eigenvalue weighted by molar-refractivity contribution is 14.1. The van der Waals surface area contributed by atoms with Crippen molar-refractivity contribution in [3.8, 4) is 17.0 Å². The summed E-state index contributed by atoms with van der Waals surface area (Å²) in [7, 11) is -1.71. The van der Waals surface area contributed by atoms with Crippen molar-refractivity contribution in [2.75, 3.05) is 16.2 Å². The van der Waals surface area contributed by atoms with Crippen LogP contribution in [0.4, 0.5) is 15.9 Å². The van der Waals surface area contributed by atoms with Crippen LogP contribution in [0.2, 0.25) is 0 Å². The van der Waals surface area contributed by atoms with E-state index in [0.29, 0.717) is 33.9 Å². The van der Waals surface area contributed by atoms with Gasteiger partial charge in [-0.1, -0.05) is 18.2 Å². The first kappa shape index (κ1) is 23.2. The minimum Gasteiger partial charge on any atom is -0.487 e. The second-order valence-electron chi connectivity index (χ2n) is 7.32. The average molecular weight is 581 g/mol. The molecule has 0 aliphatic carbocycles. The molecular weight excluding hydrogens is 560 g/mol. The van der Waals surface area contributed by atoms with Crippen molar-refractivity contribution in [3.05, 3.63) is 63.6 Å². The Bertz CT molecular complexity index is 1440. The number of aromatic nitrogens is 3. The van der Waals surface area contributed by atoms with E-state index in [2.05, 4.69) is 37.4 Å². The lowest BCUT2D eigenvalue weighted by Crippen LogP contribution is -2.15. The highest BCUT2D eigenvalue weighted by atomic mass is 127. The fourth-order valence-electron chi connectivity index (χ4n) is 3.35. The third kappa shape index (κ3) is 4.88. The molecule has 172 valence electrons. The van der Waals surface area contributed by atoms with Gasteiger partial charge in [0.05, 0.1) is 25.9 Å². The quantitative estimate of drug-likeness (QED) is 0.315. The maximum Gasteiger partial charge on any atom is 0.232 e. The number of nitrogens with two attached hydrogens (primary N) is 1. The minimum absolute atomic E-state index is 0.0856. The van der Waals surface area contributed by atoms with E-state index < -0.39 is 10.0 Å². The van der Waals surface area contributed by atoms with Crippen LogP contribution in [0.25, 0.3) is 22.2 Å².